The van der Waals surface area contributed by atoms with Crippen molar-refractivity contribution in [3.63, 3.8) is 0 Å². The predicted octanol–water partition coefficient (Wildman–Crippen LogP) is 2.55. The fourth-order valence-electron chi connectivity index (χ4n) is 3.10. The van der Waals surface area contributed by atoms with Crippen molar-refractivity contribution < 1.29 is 14.3 Å². The highest BCUT2D eigenvalue weighted by atomic mass is 32.1. The number of carbonyl (C=O) groups is 1. The summed E-state index contributed by atoms with van der Waals surface area (Å²) in [7, 11) is 1.55. The van der Waals surface area contributed by atoms with Gasteiger partial charge < -0.3 is 9.47 Å². The fraction of sp³-hybridized carbons (Fsp3) is 0.250. The van der Waals surface area contributed by atoms with Crippen LogP contribution in [0.25, 0.3) is 6.08 Å². The van der Waals surface area contributed by atoms with E-state index < -0.39 is 12.0 Å². The highest BCUT2D eigenvalue weighted by Crippen LogP contribution is 2.33. The molecule has 150 valence electrons. The Morgan fingerprint density at radius 2 is 2.03 bits per heavy atom. The topological polar surface area (TPSA) is 69.9 Å². The lowest BCUT2D eigenvalue weighted by Gasteiger charge is -2.23. The molecule has 3 aromatic rings. The molecule has 1 aliphatic rings. The van der Waals surface area contributed by atoms with Crippen LogP contribution in [0.1, 0.15) is 22.7 Å². The van der Waals surface area contributed by atoms with Crippen molar-refractivity contribution in [3.8, 4) is 0 Å². The second-order valence-corrected chi connectivity index (χ2v) is 9.21. The van der Waals surface area contributed by atoms with Crippen LogP contribution in [0, 0.1) is 0 Å². The van der Waals surface area contributed by atoms with E-state index in [0.717, 1.165) is 9.75 Å². The summed E-state index contributed by atoms with van der Waals surface area (Å²) >= 11 is 4.40. The van der Waals surface area contributed by atoms with Gasteiger partial charge in [0.2, 0.25) is 0 Å². The van der Waals surface area contributed by atoms with Crippen molar-refractivity contribution in [2.75, 3.05) is 20.3 Å². The molecule has 4 rings (SSSR count). The van der Waals surface area contributed by atoms with Gasteiger partial charge in [0.15, 0.2) is 4.80 Å². The Morgan fingerprint density at radius 1 is 1.24 bits per heavy atom. The fourth-order valence-corrected chi connectivity index (χ4v) is 5.69. The maximum absolute atomic E-state index is 13.3. The number of esters is 1. The normalized spacial score (nSPS) is 16.6. The lowest BCUT2D eigenvalue weighted by atomic mass is 10.0. The highest BCUT2D eigenvalue weighted by molar-refractivity contribution is 7.11. The number of hydrogen-bond acceptors (Lipinski definition) is 8. The van der Waals surface area contributed by atoms with E-state index in [2.05, 4.69) is 4.99 Å². The summed E-state index contributed by atoms with van der Waals surface area (Å²) in [4.78, 5) is 33.2. The van der Waals surface area contributed by atoms with Gasteiger partial charge in [0.1, 0.15) is 12.6 Å². The number of nitrogens with zero attached hydrogens (tertiary/aromatic N) is 2. The minimum absolute atomic E-state index is 0.145. The third kappa shape index (κ3) is 3.91. The van der Waals surface area contributed by atoms with Gasteiger partial charge in [-0.25, -0.2) is 9.79 Å². The molecule has 0 amide bonds. The second kappa shape index (κ2) is 8.58. The first-order chi connectivity index (χ1) is 14.1. The lowest BCUT2D eigenvalue weighted by Crippen LogP contribution is -2.39. The van der Waals surface area contributed by atoms with Crippen molar-refractivity contribution in [2.24, 2.45) is 4.99 Å². The Hall–Kier alpha value is -2.33. The summed E-state index contributed by atoms with van der Waals surface area (Å²) in [6, 6.07) is 7.19. The van der Waals surface area contributed by atoms with Crippen molar-refractivity contribution in [2.45, 2.75) is 13.0 Å². The molecule has 0 aliphatic carbocycles. The highest BCUT2D eigenvalue weighted by Gasteiger charge is 2.33. The number of allylic oxidation sites excluding steroid dienone is 1. The monoisotopic (exact) mass is 446 g/mol. The Morgan fingerprint density at radius 3 is 2.72 bits per heavy atom. The molecule has 0 spiro atoms. The number of fused-ring (bicyclic) bond motifs is 1. The molecule has 0 fully saturated rings. The van der Waals surface area contributed by atoms with Crippen LogP contribution in [0.15, 0.2) is 56.1 Å². The molecular formula is C20H18N2O4S3. The van der Waals surface area contributed by atoms with E-state index in [1.54, 1.807) is 29.9 Å². The minimum atomic E-state index is -0.549. The molecule has 4 heterocycles. The first-order valence-electron chi connectivity index (χ1n) is 8.85. The Bertz CT molecular complexity index is 1220. The van der Waals surface area contributed by atoms with Gasteiger partial charge in [-0.2, -0.15) is 0 Å². The predicted molar refractivity (Wildman–Crippen MR) is 115 cm³/mol. The van der Waals surface area contributed by atoms with Crippen molar-refractivity contribution in [1.82, 2.24) is 4.57 Å². The average molecular weight is 447 g/mol. The molecule has 0 saturated heterocycles. The number of aromatic nitrogens is 1. The zero-order valence-electron chi connectivity index (χ0n) is 15.8. The number of ether oxygens (including phenoxy) is 2. The summed E-state index contributed by atoms with van der Waals surface area (Å²) in [6.45, 7) is 2.23. The Kier molecular flexibility index (Phi) is 5.91. The van der Waals surface area contributed by atoms with Crippen LogP contribution in [0.3, 0.4) is 0 Å². The van der Waals surface area contributed by atoms with Crippen molar-refractivity contribution >= 4 is 46.1 Å². The van der Waals surface area contributed by atoms with Crippen LogP contribution >= 0.6 is 34.0 Å². The molecule has 0 N–H and O–H groups in total. The lowest BCUT2D eigenvalue weighted by molar-refractivity contribution is -0.140. The number of thiazole rings is 1. The maximum Gasteiger partial charge on any atom is 0.338 e. The maximum atomic E-state index is 13.3. The smallest absolute Gasteiger partial charge is 0.338 e. The summed E-state index contributed by atoms with van der Waals surface area (Å²) in [5.74, 6) is -0.478. The van der Waals surface area contributed by atoms with E-state index in [-0.39, 0.29) is 12.2 Å². The number of thiophene rings is 2. The molecule has 6 nitrogen and oxygen atoms in total. The molecule has 0 aromatic carbocycles. The molecule has 1 aliphatic heterocycles. The molecule has 1 atom stereocenters. The molecule has 9 heteroatoms. The summed E-state index contributed by atoms with van der Waals surface area (Å²) in [6.07, 6.45) is 1.87. The van der Waals surface area contributed by atoms with Crippen LogP contribution < -0.4 is 14.9 Å². The van der Waals surface area contributed by atoms with Crippen molar-refractivity contribution in [3.05, 3.63) is 75.7 Å². The van der Waals surface area contributed by atoms with Crippen molar-refractivity contribution in [1.29, 1.82) is 0 Å². The summed E-state index contributed by atoms with van der Waals surface area (Å²) in [5.41, 5.74) is 0.795. The van der Waals surface area contributed by atoms with Crippen LogP contribution in [-0.2, 0) is 14.3 Å². The Labute approximate surface area is 178 Å². The molecule has 0 bridgehead atoms. The number of hydrogen-bond donors (Lipinski definition) is 0. The molecule has 0 unspecified atom stereocenters. The summed E-state index contributed by atoms with van der Waals surface area (Å²) in [5, 5.41) is 3.90. The van der Waals surface area contributed by atoms with Gasteiger partial charge in [0, 0.05) is 16.9 Å². The number of carbonyl (C=O) groups excluding carboxylic acids is 1. The molecule has 3 aromatic heterocycles. The van der Waals surface area contributed by atoms with E-state index in [1.807, 2.05) is 41.1 Å². The molecule has 0 radical (unpaired) electrons. The average Bonchev–Trinajstić information content (AvgIpc) is 3.44. The van der Waals surface area contributed by atoms with Gasteiger partial charge in [-0.1, -0.05) is 23.5 Å². The third-order valence-electron chi connectivity index (χ3n) is 4.39. The molecule has 0 saturated carbocycles. The zero-order valence-corrected chi connectivity index (χ0v) is 18.2. The first kappa shape index (κ1) is 20.0. The number of rotatable bonds is 6. The van der Waals surface area contributed by atoms with Gasteiger partial charge in [0.05, 0.1) is 22.4 Å². The van der Waals surface area contributed by atoms with Crippen LogP contribution in [0.4, 0.5) is 0 Å². The largest absolute Gasteiger partial charge is 0.460 e. The van der Waals surface area contributed by atoms with Gasteiger partial charge in [0.25, 0.3) is 5.56 Å². The molecular weight excluding hydrogens is 428 g/mol. The zero-order chi connectivity index (χ0) is 20.4. The van der Waals surface area contributed by atoms with Gasteiger partial charge in [-0.3, -0.25) is 9.36 Å². The van der Waals surface area contributed by atoms with E-state index >= 15 is 0 Å². The van der Waals surface area contributed by atoms with E-state index in [4.69, 9.17) is 9.47 Å². The van der Waals surface area contributed by atoms with Crippen LogP contribution in [0.5, 0.6) is 0 Å². The third-order valence-corrected chi connectivity index (χ3v) is 7.12. The summed E-state index contributed by atoms with van der Waals surface area (Å²) < 4.78 is 12.5. The van der Waals surface area contributed by atoms with Crippen LogP contribution in [0.2, 0.25) is 0 Å². The van der Waals surface area contributed by atoms with Gasteiger partial charge in [-0.05, 0) is 35.9 Å². The quantitative estimate of drug-likeness (QED) is 0.431. The molecule has 29 heavy (non-hydrogen) atoms. The minimum Gasteiger partial charge on any atom is -0.460 e. The van der Waals surface area contributed by atoms with E-state index in [1.165, 1.54) is 22.7 Å². The van der Waals surface area contributed by atoms with Gasteiger partial charge >= 0.3 is 5.97 Å². The van der Waals surface area contributed by atoms with Gasteiger partial charge in [-0.15, -0.1) is 22.7 Å². The van der Waals surface area contributed by atoms with E-state index in [9.17, 15) is 9.59 Å². The SMILES string of the molecule is COCCOC(=O)C1=C(C)N=c2s/c(=C/c3cccs3)c(=O)n2[C@H]1c1cccs1. The van der Waals surface area contributed by atoms with E-state index in [0.29, 0.717) is 27.2 Å². The first-order valence-corrected chi connectivity index (χ1v) is 11.4. The Balaban J connectivity index is 1.86. The number of methoxy groups -OCH3 is 1. The van der Waals surface area contributed by atoms with Crippen LogP contribution in [-0.4, -0.2) is 30.9 Å². The standard InChI is InChI=1S/C20H18N2O4S3/c1-12-16(19(24)26-8-7-25-2)17(14-6-4-10-28-14)22-18(23)15(29-20(22)21-12)11-13-5-3-9-27-13/h3-6,9-11,17H,7-8H2,1-2H3/b15-11+/t17-/m0/s1. The second-order valence-electron chi connectivity index (χ2n) is 6.24.